The van der Waals surface area contributed by atoms with Crippen LogP contribution in [0.3, 0.4) is 0 Å². The molecule has 0 amide bonds. The summed E-state index contributed by atoms with van der Waals surface area (Å²) >= 11 is 0. The molecule has 166 valence electrons. The largest absolute Gasteiger partial charge is 0.456 e. The molecule has 0 saturated carbocycles. The predicted octanol–water partition coefficient (Wildman–Crippen LogP) is -0.0755. The highest BCUT2D eigenvalue weighted by atomic mass is 16.5. The van der Waals surface area contributed by atoms with Crippen molar-refractivity contribution in [2.24, 2.45) is 14.1 Å². The second-order valence-electron chi connectivity index (χ2n) is 7.26. The Balaban J connectivity index is 1.72. The predicted molar refractivity (Wildman–Crippen MR) is 111 cm³/mol. The molecule has 0 fully saturated rings. The first-order valence-corrected chi connectivity index (χ1v) is 9.62. The molecule has 0 aliphatic heterocycles. The van der Waals surface area contributed by atoms with Crippen LogP contribution in [0.5, 0.6) is 0 Å². The first kappa shape index (κ1) is 22.2. The van der Waals surface area contributed by atoms with Crippen molar-refractivity contribution in [3.63, 3.8) is 0 Å². The quantitative estimate of drug-likeness (QED) is 0.362. The zero-order valence-electron chi connectivity index (χ0n) is 18.2. The van der Waals surface area contributed by atoms with E-state index in [1.807, 2.05) is 18.4 Å². The lowest BCUT2D eigenvalue weighted by atomic mass is 10.1. The summed E-state index contributed by atoms with van der Waals surface area (Å²) in [6.45, 7) is 4.12. The minimum Gasteiger partial charge on any atom is -0.456 e. The molecule has 3 aromatic heterocycles. The van der Waals surface area contributed by atoms with Crippen LogP contribution in [0.15, 0.2) is 22.0 Å². The molecule has 0 saturated heterocycles. The van der Waals surface area contributed by atoms with Crippen LogP contribution in [-0.2, 0) is 41.5 Å². The van der Waals surface area contributed by atoms with Gasteiger partial charge in [0.2, 0.25) is 5.78 Å². The number of nitrogens with zero attached hydrogens (tertiary/aromatic N) is 5. The average molecular weight is 431 g/mol. The molecule has 0 atom stereocenters. The lowest BCUT2D eigenvalue weighted by Crippen LogP contribution is -2.37. The molecule has 0 radical (unpaired) electrons. The zero-order chi connectivity index (χ0) is 22.9. The molecular weight excluding hydrogens is 406 g/mol. The molecule has 0 aliphatic carbocycles. The van der Waals surface area contributed by atoms with Crippen LogP contribution in [0.1, 0.15) is 21.7 Å². The average Bonchev–Trinajstić information content (AvgIpc) is 3.28. The molecule has 31 heavy (non-hydrogen) atoms. The lowest BCUT2D eigenvalue weighted by molar-refractivity contribution is -0.143. The number of esters is 1. The van der Waals surface area contributed by atoms with E-state index in [0.717, 1.165) is 16.0 Å². The number of carbonyl (C=O) groups is 2. The smallest absolute Gasteiger partial charge is 0.332 e. The van der Waals surface area contributed by atoms with Crippen molar-refractivity contribution in [2.45, 2.75) is 26.9 Å². The van der Waals surface area contributed by atoms with E-state index in [9.17, 15) is 19.2 Å². The first-order valence-electron chi connectivity index (χ1n) is 9.62. The maximum atomic E-state index is 12.6. The van der Waals surface area contributed by atoms with E-state index in [4.69, 9.17) is 9.47 Å². The van der Waals surface area contributed by atoms with Crippen molar-refractivity contribution in [3.05, 3.63) is 50.2 Å². The fourth-order valence-corrected chi connectivity index (χ4v) is 3.54. The van der Waals surface area contributed by atoms with Crippen LogP contribution in [0, 0.1) is 13.8 Å². The number of ketones is 1. The maximum absolute atomic E-state index is 12.6. The fourth-order valence-electron chi connectivity index (χ4n) is 3.54. The van der Waals surface area contributed by atoms with Gasteiger partial charge < -0.3 is 18.6 Å². The van der Waals surface area contributed by atoms with Crippen molar-refractivity contribution in [3.8, 4) is 0 Å². The van der Waals surface area contributed by atoms with E-state index >= 15 is 0 Å². The van der Waals surface area contributed by atoms with Gasteiger partial charge in [0.15, 0.2) is 17.8 Å². The van der Waals surface area contributed by atoms with Crippen molar-refractivity contribution >= 4 is 22.9 Å². The van der Waals surface area contributed by atoms with E-state index in [1.54, 1.807) is 13.2 Å². The molecule has 11 nitrogen and oxygen atoms in total. The third kappa shape index (κ3) is 4.08. The summed E-state index contributed by atoms with van der Waals surface area (Å²) in [5.74, 6) is -1.02. The van der Waals surface area contributed by atoms with Crippen LogP contribution in [0.2, 0.25) is 0 Å². The Hall–Kier alpha value is -3.47. The van der Waals surface area contributed by atoms with Gasteiger partial charge in [-0.2, -0.15) is 0 Å². The third-order valence-electron chi connectivity index (χ3n) is 5.27. The summed E-state index contributed by atoms with van der Waals surface area (Å²) in [6.07, 6.45) is 1.29. The number of imidazole rings is 1. The van der Waals surface area contributed by atoms with Crippen LogP contribution >= 0.6 is 0 Å². The van der Waals surface area contributed by atoms with Gasteiger partial charge in [-0.25, -0.2) is 9.78 Å². The number of methoxy groups -OCH3 is 1. The van der Waals surface area contributed by atoms with Gasteiger partial charge in [-0.05, 0) is 19.9 Å². The zero-order valence-corrected chi connectivity index (χ0v) is 18.2. The molecule has 11 heteroatoms. The van der Waals surface area contributed by atoms with Crippen molar-refractivity contribution in [1.29, 1.82) is 0 Å². The lowest BCUT2D eigenvalue weighted by Gasteiger charge is -2.09. The van der Waals surface area contributed by atoms with Gasteiger partial charge in [-0.3, -0.25) is 23.5 Å². The van der Waals surface area contributed by atoms with E-state index in [-0.39, 0.29) is 23.5 Å². The van der Waals surface area contributed by atoms with Crippen LogP contribution < -0.4 is 11.2 Å². The molecular formula is C20H25N5O6. The number of Topliss-reactive ketones (excluding diaryl/α,β-unsaturated/α-hetero) is 1. The molecule has 0 aliphatic rings. The van der Waals surface area contributed by atoms with Gasteiger partial charge >= 0.3 is 11.7 Å². The summed E-state index contributed by atoms with van der Waals surface area (Å²) in [4.78, 5) is 53.4. The summed E-state index contributed by atoms with van der Waals surface area (Å²) in [6, 6.07) is 1.76. The van der Waals surface area contributed by atoms with E-state index < -0.39 is 23.8 Å². The Kier molecular flexibility index (Phi) is 6.25. The Labute approximate surface area is 177 Å². The molecule has 0 spiro atoms. The molecule has 3 rings (SSSR count). The van der Waals surface area contributed by atoms with Crippen molar-refractivity contribution < 1.29 is 19.1 Å². The summed E-state index contributed by atoms with van der Waals surface area (Å²) in [7, 11) is 4.45. The van der Waals surface area contributed by atoms with Gasteiger partial charge in [0, 0.05) is 44.7 Å². The van der Waals surface area contributed by atoms with Gasteiger partial charge in [0.1, 0.15) is 6.54 Å². The molecule has 0 unspecified atom stereocenters. The highest BCUT2D eigenvalue weighted by Gasteiger charge is 2.19. The summed E-state index contributed by atoms with van der Waals surface area (Å²) in [5.41, 5.74) is 1.37. The van der Waals surface area contributed by atoms with Gasteiger partial charge in [0.05, 0.1) is 12.9 Å². The number of rotatable bonds is 8. The highest BCUT2D eigenvalue weighted by Crippen LogP contribution is 2.16. The number of aromatic nitrogens is 5. The standard InChI is InChI=1S/C20H25N5O6/c1-12-8-14(13(2)25(12)6-7-30-5)15(26)10-31-16(27)9-24-11-21-18-17(24)19(28)23(4)20(29)22(18)3/h8,11H,6-7,9-10H2,1-5H3. The monoisotopic (exact) mass is 431 g/mol. The Morgan fingerprint density at radius 3 is 2.52 bits per heavy atom. The topological polar surface area (TPSA) is 119 Å². The minimum absolute atomic E-state index is 0.106. The number of carbonyl (C=O) groups excluding carboxylic acids is 2. The Morgan fingerprint density at radius 1 is 1.13 bits per heavy atom. The van der Waals surface area contributed by atoms with E-state index in [1.165, 1.54) is 29.6 Å². The molecule has 3 heterocycles. The van der Waals surface area contributed by atoms with Gasteiger partial charge in [-0.15, -0.1) is 0 Å². The van der Waals surface area contributed by atoms with E-state index in [0.29, 0.717) is 18.7 Å². The molecule has 3 aromatic rings. The normalized spacial score (nSPS) is 11.3. The van der Waals surface area contributed by atoms with Crippen LogP contribution in [-0.4, -0.2) is 55.3 Å². The number of fused-ring (bicyclic) bond motifs is 1. The number of hydrogen-bond donors (Lipinski definition) is 0. The minimum atomic E-state index is -0.697. The summed E-state index contributed by atoms with van der Waals surface area (Å²) < 4.78 is 15.7. The van der Waals surface area contributed by atoms with Crippen molar-refractivity contribution in [1.82, 2.24) is 23.3 Å². The van der Waals surface area contributed by atoms with Crippen LogP contribution in [0.4, 0.5) is 0 Å². The highest BCUT2D eigenvalue weighted by molar-refractivity contribution is 5.99. The second kappa shape index (κ2) is 8.72. The second-order valence-corrected chi connectivity index (χ2v) is 7.26. The number of aryl methyl sites for hydroxylation is 2. The van der Waals surface area contributed by atoms with Crippen LogP contribution in [0.25, 0.3) is 11.2 Å². The fraction of sp³-hybridized carbons (Fsp3) is 0.450. The van der Waals surface area contributed by atoms with Gasteiger partial charge in [0.25, 0.3) is 5.56 Å². The Morgan fingerprint density at radius 2 is 1.84 bits per heavy atom. The SMILES string of the molecule is COCCn1c(C)cc(C(=O)COC(=O)Cn2cnc3c2c(=O)n(C)c(=O)n3C)c1C. The number of ether oxygens (including phenoxy) is 2. The maximum Gasteiger partial charge on any atom is 0.332 e. The molecule has 0 bridgehead atoms. The molecule has 0 N–H and O–H groups in total. The third-order valence-corrected chi connectivity index (χ3v) is 5.27. The van der Waals surface area contributed by atoms with Gasteiger partial charge in [-0.1, -0.05) is 0 Å². The number of hydrogen-bond acceptors (Lipinski definition) is 7. The summed E-state index contributed by atoms with van der Waals surface area (Å²) in [5, 5.41) is 0. The van der Waals surface area contributed by atoms with Crippen molar-refractivity contribution in [2.75, 3.05) is 20.3 Å². The Bertz CT molecular complexity index is 1280. The van der Waals surface area contributed by atoms with E-state index in [2.05, 4.69) is 4.98 Å². The first-order chi connectivity index (χ1) is 14.7. The molecule has 0 aromatic carbocycles.